The molecular weight excluding hydrogens is 362 g/mol. The lowest BCUT2D eigenvalue weighted by Crippen LogP contribution is -2.41. The molecule has 7 nitrogen and oxygen atoms in total. The summed E-state index contributed by atoms with van der Waals surface area (Å²) in [5.41, 5.74) is 0.275. The Kier molecular flexibility index (Phi) is 5.93. The Balaban J connectivity index is 1.68. The summed E-state index contributed by atoms with van der Waals surface area (Å²) < 4.78 is 5.72. The van der Waals surface area contributed by atoms with Crippen LogP contribution in [0.5, 0.6) is 17.2 Å². The number of carbonyl (C=O) groups is 3. The fourth-order valence-corrected chi connectivity index (χ4v) is 3.37. The molecule has 0 saturated carbocycles. The van der Waals surface area contributed by atoms with Crippen molar-refractivity contribution in [1.29, 1.82) is 0 Å². The van der Waals surface area contributed by atoms with Crippen molar-refractivity contribution in [1.82, 2.24) is 4.90 Å². The van der Waals surface area contributed by atoms with Gasteiger partial charge in [0, 0.05) is 19.0 Å². The molecule has 0 aromatic heterocycles. The standard InChI is InChI=1S/C21H21NO6/c23-11-15-5-1-6-16(20(15)26)21(27)22-9-3-4-14(10-22)13-28-19-8-2-7-18(25)17(19)12-24/h1-2,5-8,11-12,14,25-26H,3-4,9-10,13H2. The Bertz CT molecular complexity index is 894. The minimum absolute atomic E-state index is 0.0379. The highest BCUT2D eigenvalue weighted by Crippen LogP contribution is 2.28. The van der Waals surface area contributed by atoms with Crippen molar-refractivity contribution in [2.45, 2.75) is 12.8 Å². The Labute approximate surface area is 162 Å². The Morgan fingerprint density at radius 3 is 2.68 bits per heavy atom. The summed E-state index contributed by atoms with van der Waals surface area (Å²) in [6, 6.07) is 9.12. The number of nitrogens with zero attached hydrogens (tertiary/aromatic N) is 1. The number of phenolic OH excluding ortho intramolecular Hbond substituents is 2. The molecule has 146 valence electrons. The van der Waals surface area contributed by atoms with Gasteiger partial charge in [0.1, 0.15) is 17.2 Å². The summed E-state index contributed by atoms with van der Waals surface area (Å²) in [6.07, 6.45) is 2.68. The lowest BCUT2D eigenvalue weighted by Gasteiger charge is -2.33. The molecule has 1 atom stereocenters. The first-order valence-electron chi connectivity index (χ1n) is 9.01. The van der Waals surface area contributed by atoms with E-state index >= 15 is 0 Å². The van der Waals surface area contributed by atoms with Crippen molar-refractivity contribution in [3.63, 3.8) is 0 Å². The molecule has 0 spiro atoms. The average molecular weight is 383 g/mol. The zero-order chi connectivity index (χ0) is 20.1. The second kappa shape index (κ2) is 8.56. The van der Waals surface area contributed by atoms with Crippen LogP contribution in [0.15, 0.2) is 36.4 Å². The third-order valence-corrected chi connectivity index (χ3v) is 4.87. The van der Waals surface area contributed by atoms with Crippen LogP contribution in [-0.2, 0) is 0 Å². The number of piperidine rings is 1. The monoisotopic (exact) mass is 383 g/mol. The average Bonchev–Trinajstić information content (AvgIpc) is 2.72. The zero-order valence-corrected chi connectivity index (χ0v) is 15.2. The molecule has 0 radical (unpaired) electrons. The van der Waals surface area contributed by atoms with Gasteiger partial charge in [0.05, 0.1) is 23.3 Å². The number of hydrogen-bond donors (Lipinski definition) is 2. The quantitative estimate of drug-likeness (QED) is 0.743. The third-order valence-electron chi connectivity index (χ3n) is 4.87. The molecule has 2 aromatic carbocycles. The molecule has 0 aliphatic carbocycles. The third kappa shape index (κ3) is 3.98. The molecule has 1 amide bonds. The van der Waals surface area contributed by atoms with E-state index in [1.807, 2.05) is 0 Å². The fraction of sp³-hybridized carbons (Fsp3) is 0.286. The van der Waals surface area contributed by atoms with Gasteiger partial charge in [-0.15, -0.1) is 0 Å². The number of carbonyl (C=O) groups excluding carboxylic acids is 3. The van der Waals surface area contributed by atoms with E-state index in [0.717, 1.165) is 12.8 Å². The summed E-state index contributed by atoms with van der Waals surface area (Å²) in [7, 11) is 0. The van der Waals surface area contributed by atoms with Gasteiger partial charge in [-0.3, -0.25) is 14.4 Å². The van der Waals surface area contributed by atoms with Gasteiger partial charge in [-0.25, -0.2) is 0 Å². The van der Waals surface area contributed by atoms with Crippen LogP contribution in [0.25, 0.3) is 0 Å². The van der Waals surface area contributed by atoms with Crippen molar-refractivity contribution in [3.8, 4) is 17.2 Å². The van der Waals surface area contributed by atoms with Gasteiger partial charge in [-0.2, -0.15) is 0 Å². The predicted molar refractivity (Wildman–Crippen MR) is 101 cm³/mol. The maximum Gasteiger partial charge on any atom is 0.257 e. The van der Waals surface area contributed by atoms with Crippen LogP contribution in [-0.4, -0.2) is 53.3 Å². The number of hydrogen-bond acceptors (Lipinski definition) is 6. The van der Waals surface area contributed by atoms with Crippen LogP contribution < -0.4 is 4.74 Å². The van der Waals surface area contributed by atoms with Gasteiger partial charge in [0.25, 0.3) is 5.91 Å². The van der Waals surface area contributed by atoms with E-state index in [4.69, 9.17) is 4.74 Å². The predicted octanol–water partition coefficient (Wildman–Crippen LogP) is 2.65. The lowest BCUT2D eigenvalue weighted by atomic mass is 9.97. The number of para-hydroxylation sites is 1. The molecule has 1 heterocycles. The number of rotatable bonds is 6. The molecule has 0 bridgehead atoms. The molecule has 7 heteroatoms. The number of aldehydes is 2. The van der Waals surface area contributed by atoms with Crippen LogP contribution >= 0.6 is 0 Å². The van der Waals surface area contributed by atoms with Gasteiger partial charge in [-0.1, -0.05) is 12.1 Å². The summed E-state index contributed by atoms with van der Waals surface area (Å²) in [5.74, 6) is -0.447. The van der Waals surface area contributed by atoms with E-state index in [9.17, 15) is 24.6 Å². The Morgan fingerprint density at radius 2 is 1.93 bits per heavy atom. The van der Waals surface area contributed by atoms with Crippen LogP contribution in [0.3, 0.4) is 0 Å². The minimum atomic E-state index is -0.336. The van der Waals surface area contributed by atoms with Gasteiger partial charge >= 0.3 is 0 Å². The number of aromatic hydroxyl groups is 2. The molecule has 28 heavy (non-hydrogen) atoms. The second-order valence-electron chi connectivity index (χ2n) is 6.74. The normalized spacial score (nSPS) is 16.4. The molecule has 1 unspecified atom stereocenters. The summed E-state index contributed by atoms with van der Waals surface area (Å²) >= 11 is 0. The molecule has 3 rings (SSSR count). The highest BCUT2D eigenvalue weighted by atomic mass is 16.5. The van der Waals surface area contributed by atoms with E-state index in [1.165, 1.54) is 18.2 Å². The number of benzene rings is 2. The fourth-order valence-electron chi connectivity index (χ4n) is 3.37. The van der Waals surface area contributed by atoms with Crippen LogP contribution in [0.1, 0.15) is 43.9 Å². The first-order chi connectivity index (χ1) is 13.5. The SMILES string of the molecule is O=Cc1cccc(C(=O)N2CCCC(COc3cccc(O)c3C=O)C2)c1O. The van der Waals surface area contributed by atoms with E-state index < -0.39 is 0 Å². The Morgan fingerprint density at radius 1 is 1.14 bits per heavy atom. The number of likely N-dealkylation sites (tertiary alicyclic amines) is 1. The van der Waals surface area contributed by atoms with Crippen LogP contribution in [0.2, 0.25) is 0 Å². The summed E-state index contributed by atoms with van der Waals surface area (Å²) in [6.45, 7) is 1.26. The highest BCUT2D eigenvalue weighted by molar-refractivity contribution is 5.99. The molecule has 1 fully saturated rings. The molecule has 1 saturated heterocycles. The van der Waals surface area contributed by atoms with Gasteiger partial charge < -0.3 is 19.8 Å². The zero-order valence-electron chi connectivity index (χ0n) is 15.2. The maximum atomic E-state index is 12.8. The van der Waals surface area contributed by atoms with Gasteiger partial charge in [0.2, 0.25) is 0 Å². The molecule has 1 aliphatic rings. The van der Waals surface area contributed by atoms with Crippen molar-refractivity contribution in [2.75, 3.05) is 19.7 Å². The van der Waals surface area contributed by atoms with Crippen molar-refractivity contribution < 1.29 is 29.3 Å². The maximum absolute atomic E-state index is 12.8. The van der Waals surface area contributed by atoms with Crippen LogP contribution in [0.4, 0.5) is 0 Å². The summed E-state index contributed by atoms with van der Waals surface area (Å²) in [4.78, 5) is 36.5. The van der Waals surface area contributed by atoms with E-state index in [1.54, 1.807) is 23.1 Å². The minimum Gasteiger partial charge on any atom is -0.507 e. The molecule has 2 aromatic rings. The smallest absolute Gasteiger partial charge is 0.257 e. The van der Waals surface area contributed by atoms with Crippen molar-refractivity contribution in [3.05, 3.63) is 53.1 Å². The largest absolute Gasteiger partial charge is 0.507 e. The first kappa shape index (κ1) is 19.4. The van der Waals surface area contributed by atoms with E-state index in [2.05, 4.69) is 0 Å². The van der Waals surface area contributed by atoms with Crippen molar-refractivity contribution in [2.24, 2.45) is 5.92 Å². The molecule has 2 N–H and O–H groups in total. The lowest BCUT2D eigenvalue weighted by molar-refractivity contribution is 0.0630. The van der Waals surface area contributed by atoms with Crippen LogP contribution in [0, 0.1) is 5.92 Å². The van der Waals surface area contributed by atoms with E-state index in [-0.39, 0.29) is 46.6 Å². The molecular formula is C21H21NO6. The summed E-state index contributed by atoms with van der Waals surface area (Å²) in [5, 5.41) is 19.9. The van der Waals surface area contributed by atoms with E-state index in [0.29, 0.717) is 31.4 Å². The molecule has 1 aliphatic heterocycles. The van der Waals surface area contributed by atoms with Crippen molar-refractivity contribution >= 4 is 18.5 Å². The number of phenols is 2. The van der Waals surface area contributed by atoms with Gasteiger partial charge in [0.15, 0.2) is 12.6 Å². The topological polar surface area (TPSA) is 104 Å². The second-order valence-corrected chi connectivity index (χ2v) is 6.74. The Hall–Kier alpha value is -3.35. The number of ether oxygens (including phenoxy) is 1. The van der Waals surface area contributed by atoms with Gasteiger partial charge in [-0.05, 0) is 37.1 Å². The number of amides is 1. The highest BCUT2D eigenvalue weighted by Gasteiger charge is 2.27. The first-order valence-corrected chi connectivity index (χ1v) is 9.01.